The van der Waals surface area contributed by atoms with Gasteiger partial charge in [0.05, 0.1) is 17.7 Å². The molecular weight excluding hydrogens is 190 g/mol. The van der Waals surface area contributed by atoms with Crippen LogP contribution in [0.1, 0.15) is 37.4 Å². The third-order valence-corrected chi connectivity index (χ3v) is 2.25. The van der Waals surface area contributed by atoms with E-state index < -0.39 is 6.10 Å². The highest BCUT2D eigenvalue weighted by Gasteiger charge is 2.20. The summed E-state index contributed by atoms with van der Waals surface area (Å²) in [5, 5.41) is 18.8. The largest absolute Gasteiger partial charge is 0.385 e. The lowest BCUT2D eigenvalue weighted by molar-refractivity contribution is 0.125. The molecule has 2 atom stereocenters. The first-order valence-electron chi connectivity index (χ1n) is 5.06. The van der Waals surface area contributed by atoms with E-state index in [0.717, 1.165) is 6.42 Å². The van der Waals surface area contributed by atoms with Gasteiger partial charge >= 0.3 is 0 Å². The van der Waals surface area contributed by atoms with Crippen LogP contribution in [0.2, 0.25) is 0 Å². The zero-order valence-electron chi connectivity index (χ0n) is 9.01. The van der Waals surface area contributed by atoms with Crippen LogP contribution in [0, 0.1) is 24.2 Å². The van der Waals surface area contributed by atoms with E-state index in [2.05, 4.69) is 16.0 Å². The number of nitriles is 1. The van der Waals surface area contributed by atoms with Gasteiger partial charge in [0.2, 0.25) is 0 Å². The molecule has 0 aliphatic rings. The monoisotopic (exact) mass is 205 g/mol. The Balaban J connectivity index is 2.83. The molecule has 1 aromatic rings. The van der Waals surface area contributed by atoms with Crippen LogP contribution < -0.4 is 0 Å². The Kier molecular flexibility index (Phi) is 4.19. The smallest absolute Gasteiger partial charge is 0.125 e. The van der Waals surface area contributed by atoms with Crippen LogP contribution in [-0.4, -0.2) is 15.1 Å². The Bertz CT molecular complexity index is 359. The summed E-state index contributed by atoms with van der Waals surface area (Å²) in [5.41, 5.74) is 0.530. The number of rotatable bonds is 4. The maximum atomic E-state index is 9.92. The fourth-order valence-electron chi connectivity index (χ4n) is 1.45. The third-order valence-electron chi connectivity index (χ3n) is 2.25. The van der Waals surface area contributed by atoms with E-state index >= 15 is 0 Å². The molecule has 2 unspecified atom stereocenters. The fourth-order valence-corrected chi connectivity index (χ4v) is 1.45. The number of nitrogens with zero attached hydrogens (tertiary/aromatic N) is 3. The summed E-state index contributed by atoms with van der Waals surface area (Å²) in [7, 11) is 0. The van der Waals surface area contributed by atoms with Gasteiger partial charge in [-0.25, -0.2) is 9.97 Å². The van der Waals surface area contributed by atoms with E-state index in [0.29, 0.717) is 17.9 Å². The quantitative estimate of drug-likeness (QED) is 0.813. The minimum atomic E-state index is -0.809. The van der Waals surface area contributed by atoms with Crippen molar-refractivity contribution < 1.29 is 5.11 Å². The summed E-state index contributed by atoms with van der Waals surface area (Å²) in [6, 6.07) is 3.76. The van der Waals surface area contributed by atoms with Gasteiger partial charge in [-0.1, -0.05) is 13.3 Å². The summed E-state index contributed by atoms with van der Waals surface area (Å²) in [4.78, 5) is 8.06. The van der Waals surface area contributed by atoms with Gasteiger partial charge in [0.15, 0.2) is 0 Å². The molecule has 0 aliphatic carbocycles. The molecule has 0 aliphatic heterocycles. The molecule has 80 valence electrons. The number of aromatic nitrogens is 2. The van der Waals surface area contributed by atoms with Crippen molar-refractivity contribution in [3.8, 4) is 6.07 Å². The molecule has 1 N–H and O–H groups in total. The number of hydrogen-bond donors (Lipinski definition) is 1. The second kappa shape index (κ2) is 5.42. The van der Waals surface area contributed by atoms with Gasteiger partial charge in [-0.05, 0) is 19.4 Å². The highest BCUT2D eigenvalue weighted by atomic mass is 16.3. The molecule has 0 aromatic carbocycles. The van der Waals surface area contributed by atoms with Crippen LogP contribution >= 0.6 is 0 Å². The summed E-state index contributed by atoms with van der Waals surface area (Å²) in [6.45, 7) is 3.75. The van der Waals surface area contributed by atoms with Gasteiger partial charge < -0.3 is 5.11 Å². The normalized spacial score (nSPS) is 14.3. The Morgan fingerprint density at radius 3 is 2.87 bits per heavy atom. The summed E-state index contributed by atoms with van der Waals surface area (Å²) < 4.78 is 0. The molecule has 1 aromatic heterocycles. The molecule has 1 heterocycles. The SMILES string of the molecule is CCCC(C#N)C(O)c1ccnc(C)n1. The molecule has 4 heteroatoms. The van der Waals surface area contributed by atoms with Crippen LogP contribution in [0.4, 0.5) is 0 Å². The predicted octanol–water partition coefficient (Wildman–Crippen LogP) is 1.76. The lowest BCUT2D eigenvalue weighted by atomic mass is 9.96. The van der Waals surface area contributed by atoms with Crippen LogP contribution in [0.15, 0.2) is 12.3 Å². The van der Waals surface area contributed by atoms with Crippen molar-refractivity contribution in [2.24, 2.45) is 5.92 Å². The molecule has 15 heavy (non-hydrogen) atoms. The van der Waals surface area contributed by atoms with Gasteiger partial charge in [-0.2, -0.15) is 5.26 Å². The van der Waals surface area contributed by atoms with E-state index in [1.54, 1.807) is 19.2 Å². The standard InChI is InChI=1S/C11H15N3O/c1-3-4-9(7-12)11(15)10-5-6-13-8(2)14-10/h5-6,9,11,15H,3-4H2,1-2H3. The van der Waals surface area contributed by atoms with Gasteiger partial charge in [-0.15, -0.1) is 0 Å². The molecule has 0 fully saturated rings. The Labute approximate surface area is 89.6 Å². The van der Waals surface area contributed by atoms with E-state index in [-0.39, 0.29) is 5.92 Å². The average molecular weight is 205 g/mol. The number of hydrogen-bond acceptors (Lipinski definition) is 4. The highest BCUT2D eigenvalue weighted by Crippen LogP contribution is 2.23. The van der Waals surface area contributed by atoms with Crippen molar-refractivity contribution >= 4 is 0 Å². The predicted molar refractivity (Wildman–Crippen MR) is 55.7 cm³/mol. The van der Waals surface area contributed by atoms with E-state index in [9.17, 15) is 5.11 Å². The minimum absolute atomic E-state index is 0.385. The lowest BCUT2D eigenvalue weighted by Gasteiger charge is -2.15. The fraction of sp³-hybridized carbons (Fsp3) is 0.545. The third kappa shape index (κ3) is 3.00. The van der Waals surface area contributed by atoms with Gasteiger partial charge in [-0.3, -0.25) is 0 Å². The van der Waals surface area contributed by atoms with Crippen molar-refractivity contribution in [3.05, 3.63) is 23.8 Å². The Morgan fingerprint density at radius 2 is 2.33 bits per heavy atom. The van der Waals surface area contributed by atoms with Crippen molar-refractivity contribution in [2.75, 3.05) is 0 Å². The van der Waals surface area contributed by atoms with E-state index in [4.69, 9.17) is 5.26 Å². The average Bonchev–Trinajstić information content (AvgIpc) is 2.25. The van der Waals surface area contributed by atoms with Crippen molar-refractivity contribution in [3.63, 3.8) is 0 Å². The molecule has 0 bridgehead atoms. The second-order valence-corrected chi connectivity index (χ2v) is 3.50. The molecule has 0 saturated heterocycles. The van der Waals surface area contributed by atoms with Crippen LogP contribution in [0.3, 0.4) is 0 Å². The molecule has 0 spiro atoms. The lowest BCUT2D eigenvalue weighted by Crippen LogP contribution is -2.12. The first-order valence-corrected chi connectivity index (χ1v) is 5.06. The molecular formula is C11H15N3O. The van der Waals surface area contributed by atoms with Crippen LogP contribution in [0.5, 0.6) is 0 Å². The minimum Gasteiger partial charge on any atom is -0.385 e. The molecule has 0 saturated carbocycles. The maximum absolute atomic E-state index is 9.92. The summed E-state index contributed by atoms with van der Waals surface area (Å²) >= 11 is 0. The molecule has 4 nitrogen and oxygen atoms in total. The Hall–Kier alpha value is -1.47. The number of aryl methyl sites for hydroxylation is 1. The number of aliphatic hydroxyl groups excluding tert-OH is 1. The van der Waals surface area contributed by atoms with Crippen LogP contribution in [-0.2, 0) is 0 Å². The van der Waals surface area contributed by atoms with Gasteiger partial charge in [0.1, 0.15) is 11.9 Å². The molecule has 1 rings (SSSR count). The Morgan fingerprint density at radius 1 is 1.60 bits per heavy atom. The molecule has 0 radical (unpaired) electrons. The van der Waals surface area contributed by atoms with Gasteiger partial charge in [0.25, 0.3) is 0 Å². The van der Waals surface area contributed by atoms with E-state index in [1.165, 1.54) is 0 Å². The van der Waals surface area contributed by atoms with Crippen molar-refractivity contribution in [1.29, 1.82) is 5.26 Å². The van der Waals surface area contributed by atoms with Crippen LogP contribution in [0.25, 0.3) is 0 Å². The highest BCUT2D eigenvalue weighted by molar-refractivity contribution is 5.09. The van der Waals surface area contributed by atoms with Crippen molar-refractivity contribution in [1.82, 2.24) is 9.97 Å². The van der Waals surface area contributed by atoms with Gasteiger partial charge in [0, 0.05) is 6.20 Å². The first kappa shape index (κ1) is 11.6. The topological polar surface area (TPSA) is 69.8 Å². The zero-order chi connectivity index (χ0) is 11.3. The first-order chi connectivity index (χ1) is 7.19. The number of aliphatic hydroxyl groups is 1. The summed E-state index contributed by atoms with van der Waals surface area (Å²) in [6.07, 6.45) is 2.35. The summed E-state index contributed by atoms with van der Waals surface area (Å²) in [5.74, 6) is 0.226. The molecule has 0 amide bonds. The van der Waals surface area contributed by atoms with Crippen molar-refractivity contribution in [2.45, 2.75) is 32.8 Å². The zero-order valence-corrected chi connectivity index (χ0v) is 9.01. The maximum Gasteiger partial charge on any atom is 0.125 e. The second-order valence-electron chi connectivity index (χ2n) is 3.50. The van der Waals surface area contributed by atoms with E-state index in [1.807, 2.05) is 6.92 Å².